The summed E-state index contributed by atoms with van der Waals surface area (Å²) >= 11 is 0. The fourth-order valence-corrected chi connectivity index (χ4v) is 3.31. The molecule has 0 saturated heterocycles. The second-order valence-electron chi connectivity index (χ2n) is 6.36. The van der Waals surface area contributed by atoms with Gasteiger partial charge >= 0.3 is 12.1 Å². The summed E-state index contributed by atoms with van der Waals surface area (Å²) in [4.78, 5) is 23.8. The minimum atomic E-state index is -4.59. The van der Waals surface area contributed by atoms with Crippen molar-refractivity contribution in [2.24, 2.45) is 0 Å². The van der Waals surface area contributed by atoms with Gasteiger partial charge in [-0.3, -0.25) is 4.79 Å². The summed E-state index contributed by atoms with van der Waals surface area (Å²) < 4.78 is 64.0. The molecule has 144 valence electrons. The number of halogens is 5. The van der Waals surface area contributed by atoms with Crippen molar-refractivity contribution in [2.45, 2.75) is 56.2 Å². The Balaban J connectivity index is 2.35. The fraction of sp³-hybridized carbons (Fsp3) is 0.529. The number of carbonyl (C=O) groups is 2. The molecule has 0 aliphatic heterocycles. The van der Waals surface area contributed by atoms with E-state index < -0.39 is 47.9 Å². The first kappa shape index (κ1) is 20.1. The maximum Gasteiger partial charge on any atom is 0.416 e. The molecule has 1 amide bonds. The number of carboxylic acid groups (broad SMARTS) is 1. The lowest BCUT2D eigenvalue weighted by atomic mass is 9.77. The lowest BCUT2D eigenvalue weighted by molar-refractivity contribution is -0.144. The van der Waals surface area contributed by atoms with E-state index in [2.05, 4.69) is 5.32 Å². The Morgan fingerprint density at radius 2 is 1.81 bits per heavy atom. The molecule has 1 aromatic carbocycles. The standard InChI is InChI=1S/C17H18F5NO3/c18-13(19)9-12(14(24)25)23-15(26)16(6-1-2-7-16)10-4-3-5-11(8-10)17(20,21)22/h3-5,8,12-13H,1-2,6-7,9H2,(H,23,26)(H,24,25). The second kappa shape index (κ2) is 7.59. The molecule has 2 N–H and O–H groups in total. The Hall–Kier alpha value is -2.19. The molecular formula is C17H18F5NO3. The third-order valence-electron chi connectivity index (χ3n) is 4.65. The molecule has 1 atom stereocenters. The summed E-state index contributed by atoms with van der Waals surface area (Å²) in [6.45, 7) is 0. The SMILES string of the molecule is O=C(O)C(CC(F)F)NC(=O)C1(c2cccc(C(F)(F)F)c2)CCCC1. The van der Waals surface area contributed by atoms with Gasteiger partial charge in [0, 0.05) is 6.42 Å². The number of alkyl halides is 5. The first-order valence-corrected chi connectivity index (χ1v) is 8.06. The van der Waals surface area contributed by atoms with Crippen molar-refractivity contribution in [1.29, 1.82) is 0 Å². The summed E-state index contributed by atoms with van der Waals surface area (Å²) in [5, 5.41) is 11.1. The van der Waals surface area contributed by atoms with Gasteiger partial charge in [-0.25, -0.2) is 13.6 Å². The average Bonchev–Trinajstić information content (AvgIpc) is 3.04. The lowest BCUT2D eigenvalue weighted by Gasteiger charge is -2.30. The molecule has 0 heterocycles. The van der Waals surface area contributed by atoms with Gasteiger partial charge in [-0.05, 0) is 24.5 Å². The van der Waals surface area contributed by atoms with Crippen LogP contribution < -0.4 is 5.32 Å². The number of carbonyl (C=O) groups excluding carboxylic acids is 1. The molecule has 26 heavy (non-hydrogen) atoms. The Bertz CT molecular complexity index is 669. The van der Waals surface area contributed by atoms with Crippen LogP contribution in [0.25, 0.3) is 0 Å². The average molecular weight is 379 g/mol. The largest absolute Gasteiger partial charge is 0.480 e. The van der Waals surface area contributed by atoms with E-state index in [9.17, 15) is 31.5 Å². The van der Waals surface area contributed by atoms with Crippen molar-refractivity contribution in [2.75, 3.05) is 0 Å². The summed E-state index contributed by atoms with van der Waals surface area (Å²) in [5.41, 5.74) is -2.16. The van der Waals surface area contributed by atoms with Crippen LogP contribution >= 0.6 is 0 Å². The van der Waals surface area contributed by atoms with Gasteiger partial charge in [0.1, 0.15) is 6.04 Å². The van der Waals surface area contributed by atoms with E-state index in [-0.39, 0.29) is 18.4 Å². The van der Waals surface area contributed by atoms with E-state index in [1.807, 2.05) is 0 Å². The Kier molecular flexibility index (Phi) is 5.87. The van der Waals surface area contributed by atoms with Gasteiger partial charge in [-0.2, -0.15) is 13.2 Å². The van der Waals surface area contributed by atoms with Crippen LogP contribution in [0.3, 0.4) is 0 Å². The highest BCUT2D eigenvalue weighted by Crippen LogP contribution is 2.43. The van der Waals surface area contributed by atoms with Gasteiger partial charge in [-0.1, -0.05) is 31.0 Å². The molecule has 4 nitrogen and oxygen atoms in total. The van der Waals surface area contributed by atoms with E-state index >= 15 is 0 Å². The predicted molar refractivity (Wildman–Crippen MR) is 81.8 cm³/mol. The topological polar surface area (TPSA) is 66.4 Å². The molecule has 1 aliphatic carbocycles. The first-order chi connectivity index (χ1) is 12.1. The number of hydrogen-bond donors (Lipinski definition) is 2. The second-order valence-corrected chi connectivity index (χ2v) is 6.36. The molecule has 1 unspecified atom stereocenters. The van der Waals surface area contributed by atoms with Crippen LogP contribution in [-0.4, -0.2) is 29.5 Å². The number of carboxylic acids is 1. The molecule has 2 rings (SSSR count). The molecule has 0 radical (unpaired) electrons. The highest BCUT2D eigenvalue weighted by Gasteiger charge is 2.45. The van der Waals surface area contributed by atoms with E-state index in [1.165, 1.54) is 12.1 Å². The maximum atomic E-state index is 13.0. The molecule has 0 aromatic heterocycles. The quantitative estimate of drug-likeness (QED) is 0.740. The molecular weight excluding hydrogens is 361 g/mol. The third-order valence-corrected chi connectivity index (χ3v) is 4.65. The van der Waals surface area contributed by atoms with E-state index in [1.54, 1.807) is 0 Å². The zero-order chi connectivity index (χ0) is 19.5. The van der Waals surface area contributed by atoms with Crippen molar-refractivity contribution in [1.82, 2.24) is 5.32 Å². The number of aliphatic carboxylic acids is 1. The van der Waals surface area contributed by atoms with Gasteiger partial charge in [-0.15, -0.1) is 0 Å². The number of amides is 1. The third kappa shape index (κ3) is 4.31. The lowest BCUT2D eigenvalue weighted by Crippen LogP contribution is -2.50. The number of hydrogen-bond acceptors (Lipinski definition) is 2. The van der Waals surface area contributed by atoms with Crippen LogP contribution in [0.4, 0.5) is 22.0 Å². The Morgan fingerprint density at radius 3 is 2.31 bits per heavy atom. The maximum absolute atomic E-state index is 13.0. The molecule has 1 aliphatic rings. The van der Waals surface area contributed by atoms with Crippen LogP contribution in [0.5, 0.6) is 0 Å². The van der Waals surface area contributed by atoms with Crippen LogP contribution in [0.1, 0.15) is 43.2 Å². The van der Waals surface area contributed by atoms with Crippen molar-refractivity contribution in [3.8, 4) is 0 Å². The Morgan fingerprint density at radius 1 is 1.19 bits per heavy atom. The number of nitrogens with one attached hydrogen (secondary N) is 1. The fourth-order valence-electron chi connectivity index (χ4n) is 3.31. The summed E-state index contributed by atoms with van der Waals surface area (Å²) in [6, 6.07) is 2.50. The first-order valence-electron chi connectivity index (χ1n) is 8.06. The summed E-state index contributed by atoms with van der Waals surface area (Å²) in [6.07, 6.45) is -7.02. The smallest absolute Gasteiger partial charge is 0.416 e. The van der Waals surface area contributed by atoms with Crippen LogP contribution in [0, 0.1) is 0 Å². The van der Waals surface area contributed by atoms with Gasteiger partial charge in [0.25, 0.3) is 0 Å². The summed E-state index contributed by atoms with van der Waals surface area (Å²) in [7, 11) is 0. The Labute approximate surface area is 146 Å². The predicted octanol–water partition coefficient (Wildman–Crippen LogP) is 3.74. The van der Waals surface area contributed by atoms with Crippen molar-refractivity contribution in [3.63, 3.8) is 0 Å². The van der Waals surface area contributed by atoms with Crippen LogP contribution in [0.2, 0.25) is 0 Å². The zero-order valence-electron chi connectivity index (χ0n) is 13.7. The van der Waals surface area contributed by atoms with Gasteiger partial charge in [0.2, 0.25) is 12.3 Å². The van der Waals surface area contributed by atoms with Crippen LogP contribution in [-0.2, 0) is 21.2 Å². The number of rotatable bonds is 6. The van der Waals surface area contributed by atoms with E-state index in [0.717, 1.165) is 12.1 Å². The minimum Gasteiger partial charge on any atom is -0.480 e. The summed E-state index contributed by atoms with van der Waals surface area (Å²) in [5.74, 6) is -2.45. The van der Waals surface area contributed by atoms with Gasteiger partial charge in [0.05, 0.1) is 11.0 Å². The van der Waals surface area contributed by atoms with Gasteiger partial charge < -0.3 is 10.4 Å². The highest BCUT2D eigenvalue weighted by atomic mass is 19.4. The molecule has 1 saturated carbocycles. The van der Waals surface area contributed by atoms with E-state index in [0.29, 0.717) is 12.8 Å². The highest BCUT2D eigenvalue weighted by molar-refractivity contribution is 5.91. The van der Waals surface area contributed by atoms with Crippen molar-refractivity contribution in [3.05, 3.63) is 35.4 Å². The molecule has 1 fully saturated rings. The van der Waals surface area contributed by atoms with Crippen molar-refractivity contribution >= 4 is 11.9 Å². The molecule has 1 aromatic rings. The normalized spacial score (nSPS) is 17.9. The van der Waals surface area contributed by atoms with E-state index in [4.69, 9.17) is 5.11 Å². The van der Waals surface area contributed by atoms with Gasteiger partial charge in [0.15, 0.2) is 0 Å². The van der Waals surface area contributed by atoms with Crippen LogP contribution in [0.15, 0.2) is 24.3 Å². The van der Waals surface area contributed by atoms with Crippen molar-refractivity contribution < 1.29 is 36.6 Å². The molecule has 0 bridgehead atoms. The monoisotopic (exact) mass is 379 g/mol. The minimum absolute atomic E-state index is 0.114. The zero-order valence-corrected chi connectivity index (χ0v) is 13.7. The molecule has 9 heteroatoms. The molecule has 0 spiro atoms. The number of benzene rings is 1.